The molecule has 0 saturated carbocycles. The Kier molecular flexibility index (Phi) is 6.19. The molecule has 1 saturated heterocycles. The Hall–Kier alpha value is -1.60. The lowest BCUT2D eigenvalue weighted by atomic mass is 10.2. The monoisotopic (exact) mass is 414 g/mol. The fourth-order valence-electron chi connectivity index (χ4n) is 2.93. The molecule has 26 heavy (non-hydrogen) atoms. The van der Waals surface area contributed by atoms with Crippen LogP contribution < -0.4 is 15.1 Å². The fourth-order valence-corrected chi connectivity index (χ4v) is 3.52. The molecular weight excluding hydrogens is 397 g/mol. The van der Waals surface area contributed by atoms with Crippen LogP contribution in [0.5, 0.6) is 0 Å². The smallest absolute Gasteiger partial charge is 0.282 e. The van der Waals surface area contributed by atoms with Crippen molar-refractivity contribution >= 4 is 52.3 Å². The molecule has 0 unspecified atom stereocenters. The number of aromatic nitrogens is 2. The van der Waals surface area contributed by atoms with E-state index in [1.165, 1.54) is 11.0 Å². The first-order valence-corrected chi connectivity index (χ1v) is 9.41. The molecular formula is C17H19Cl3N5O+. The fraction of sp³-hybridized carbons (Fsp3) is 0.353. The number of nitrogens with one attached hydrogen (secondary N) is 2. The van der Waals surface area contributed by atoms with Crippen molar-refractivity contribution in [2.45, 2.75) is 13.0 Å². The Morgan fingerprint density at radius 3 is 2.38 bits per heavy atom. The molecule has 2 heterocycles. The van der Waals surface area contributed by atoms with E-state index in [9.17, 15) is 4.79 Å². The van der Waals surface area contributed by atoms with Crippen molar-refractivity contribution in [2.24, 2.45) is 0 Å². The van der Waals surface area contributed by atoms with Crippen LogP contribution in [0.3, 0.4) is 0 Å². The van der Waals surface area contributed by atoms with Crippen LogP contribution in [0.2, 0.25) is 15.1 Å². The summed E-state index contributed by atoms with van der Waals surface area (Å²) in [7, 11) is 0. The van der Waals surface area contributed by atoms with Crippen molar-refractivity contribution < 1.29 is 9.69 Å². The Morgan fingerprint density at radius 1 is 1.12 bits per heavy atom. The molecule has 0 radical (unpaired) electrons. The van der Waals surface area contributed by atoms with Crippen LogP contribution in [-0.2, 0) is 4.79 Å². The van der Waals surface area contributed by atoms with E-state index in [1.807, 2.05) is 6.92 Å². The molecule has 1 aliphatic heterocycles. The van der Waals surface area contributed by atoms with Gasteiger partial charge in [-0.15, -0.1) is 0 Å². The molecule has 1 fully saturated rings. The molecule has 1 atom stereocenters. The minimum Gasteiger partial charge on any atom is -0.330 e. The first-order chi connectivity index (χ1) is 12.5. The third-order valence-corrected chi connectivity index (χ3v) is 5.55. The molecule has 9 heteroatoms. The number of carbonyl (C=O) groups is 1. The van der Waals surface area contributed by atoms with Crippen molar-refractivity contribution in [1.82, 2.24) is 9.97 Å². The summed E-state index contributed by atoms with van der Waals surface area (Å²) >= 11 is 18.1. The summed E-state index contributed by atoms with van der Waals surface area (Å²) in [6.07, 6.45) is 3.47. The summed E-state index contributed by atoms with van der Waals surface area (Å²) < 4.78 is 0. The Balaban J connectivity index is 1.59. The number of rotatable bonds is 4. The number of quaternary nitrogens is 1. The lowest BCUT2D eigenvalue weighted by Crippen LogP contribution is -3.19. The number of halogens is 3. The van der Waals surface area contributed by atoms with Crippen LogP contribution in [0.15, 0.2) is 30.6 Å². The van der Waals surface area contributed by atoms with Gasteiger partial charge in [0, 0.05) is 12.4 Å². The lowest BCUT2D eigenvalue weighted by Gasteiger charge is -2.34. The highest BCUT2D eigenvalue weighted by atomic mass is 35.5. The second-order valence-corrected chi connectivity index (χ2v) is 7.37. The van der Waals surface area contributed by atoms with Crippen LogP contribution in [0, 0.1) is 0 Å². The summed E-state index contributed by atoms with van der Waals surface area (Å²) in [6, 6.07) is 4.67. The third-order valence-electron chi connectivity index (χ3n) is 4.51. The summed E-state index contributed by atoms with van der Waals surface area (Å²) in [5.74, 6) is 0.621. The highest BCUT2D eigenvalue weighted by molar-refractivity contribution is 6.44. The van der Waals surface area contributed by atoms with Gasteiger partial charge in [-0.3, -0.25) is 4.79 Å². The molecule has 1 aromatic heterocycles. The SMILES string of the molecule is C[C@H](C(=O)Nc1cc(Cl)c(Cl)cc1Cl)[NH+]1CCN(c2ncccn2)CC1. The first-order valence-electron chi connectivity index (χ1n) is 8.27. The van der Waals surface area contributed by atoms with Gasteiger partial charge in [0.05, 0.1) is 46.9 Å². The maximum atomic E-state index is 12.6. The van der Waals surface area contributed by atoms with Gasteiger partial charge in [-0.25, -0.2) is 9.97 Å². The number of anilines is 2. The average molecular weight is 416 g/mol. The summed E-state index contributed by atoms with van der Waals surface area (Å²) in [5, 5.41) is 3.91. The van der Waals surface area contributed by atoms with Crippen molar-refractivity contribution in [1.29, 1.82) is 0 Å². The van der Waals surface area contributed by atoms with Crippen molar-refractivity contribution in [3.63, 3.8) is 0 Å². The number of carbonyl (C=O) groups excluding carboxylic acids is 1. The highest BCUT2D eigenvalue weighted by Gasteiger charge is 2.30. The predicted octanol–water partition coefficient (Wildman–Crippen LogP) is 2.17. The quantitative estimate of drug-likeness (QED) is 0.751. The Morgan fingerprint density at radius 2 is 1.73 bits per heavy atom. The number of hydrogen-bond donors (Lipinski definition) is 2. The second kappa shape index (κ2) is 8.39. The van der Waals surface area contributed by atoms with Crippen LogP contribution in [0.1, 0.15) is 6.92 Å². The third kappa shape index (κ3) is 4.38. The minimum atomic E-state index is -0.223. The number of benzene rings is 1. The number of amides is 1. The Labute approximate surface area is 167 Å². The Bertz CT molecular complexity index is 781. The number of nitrogens with zero attached hydrogens (tertiary/aromatic N) is 3. The van der Waals surface area contributed by atoms with E-state index >= 15 is 0 Å². The van der Waals surface area contributed by atoms with Gasteiger partial charge in [-0.05, 0) is 25.1 Å². The van der Waals surface area contributed by atoms with Gasteiger partial charge in [-0.2, -0.15) is 0 Å². The molecule has 0 aliphatic carbocycles. The van der Waals surface area contributed by atoms with E-state index in [4.69, 9.17) is 34.8 Å². The van der Waals surface area contributed by atoms with E-state index in [1.54, 1.807) is 24.5 Å². The average Bonchev–Trinajstić information content (AvgIpc) is 2.66. The first kappa shape index (κ1) is 19.2. The molecule has 0 bridgehead atoms. The largest absolute Gasteiger partial charge is 0.330 e. The van der Waals surface area contributed by atoms with Gasteiger partial charge in [0.25, 0.3) is 5.91 Å². The van der Waals surface area contributed by atoms with Crippen LogP contribution in [0.4, 0.5) is 11.6 Å². The van der Waals surface area contributed by atoms with Crippen LogP contribution >= 0.6 is 34.8 Å². The normalized spacial score (nSPS) is 16.4. The van der Waals surface area contributed by atoms with Gasteiger partial charge in [0.2, 0.25) is 5.95 Å². The van der Waals surface area contributed by atoms with Crippen molar-refractivity contribution in [2.75, 3.05) is 36.4 Å². The number of hydrogen-bond acceptors (Lipinski definition) is 4. The van der Waals surface area contributed by atoms with E-state index in [-0.39, 0.29) is 11.9 Å². The topological polar surface area (TPSA) is 62.6 Å². The summed E-state index contributed by atoms with van der Waals surface area (Å²) in [5.41, 5.74) is 0.466. The zero-order chi connectivity index (χ0) is 18.7. The molecule has 1 aliphatic rings. The van der Waals surface area contributed by atoms with E-state index in [0.717, 1.165) is 32.1 Å². The van der Waals surface area contributed by atoms with Crippen molar-refractivity contribution in [3.05, 3.63) is 45.7 Å². The molecule has 1 amide bonds. The van der Waals surface area contributed by atoms with E-state index in [0.29, 0.717) is 20.8 Å². The molecule has 3 rings (SSSR count). The highest BCUT2D eigenvalue weighted by Crippen LogP contribution is 2.32. The summed E-state index contributed by atoms with van der Waals surface area (Å²) in [6.45, 7) is 5.14. The maximum absolute atomic E-state index is 12.6. The standard InChI is InChI=1S/C17H18Cl3N5O/c1-11(16(26)23-15-10-13(19)12(18)9-14(15)20)24-5-7-25(8-6-24)17-21-3-2-4-22-17/h2-4,9-11H,5-8H2,1H3,(H,23,26)/p+1/t11-/m1/s1. The molecule has 6 nitrogen and oxygen atoms in total. The summed E-state index contributed by atoms with van der Waals surface area (Å²) in [4.78, 5) is 24.5. The van der Waals surface area contributed by atoms with E-state index < -0.39 is 0 Å². The van der Waals surface area contributed by atoms with Crippen molar-refractivity contribution in [3.8, 4) is 0 Å². The van der Waals surface area contributed by atoms with Gasteiger partial charge in [0.1, 0.15) is 0 Å². The predicted molar refractivity (Wildman–Crippen MR) is 105 cm³/mol. The molecule has 2 N–H and O–H groups in total. The number of piperazine rings is 1. The van der Waals surface area contributed by atoms with Gasteiger partial charge in [0.15, 0.2) is 6.04 Å². The molecule has 1 aromatic carbocycles. The lowest BCUT2D eigenvalue weighted by molar-refractivity contribution is -0.914. The second-order valence-electron chi connectivity index (χ2n) is 6.15. The van der Waals surface area contributed by atoms with Crippen LogP contribution in [0.25, 0.3) is 0 Å². The minimum absolute atomic E-state index is 0.107. The van der Waals surface area contributed by atoms with Crippen LogP contribution in [-0.4, -0.2) is 48.1 Å². The molecule has 138 valence electrons. The van der Waals surface area contributed by atoms with Gasteiger partial charge in [-0.1, -0.05) is 34.8 Å². The van der Waals surface area contributed by atoms with E-state index in [2.05, 4.69) is 20.2 Å². The maximum Gasteiger partial charge on any atom is 0.282 e. The van der Waals surface area contributed by atoms with Gasteiger partial charge >= 0.3 is 0 Å². The van der Waals surface area contributed by atoms with Gasteiger partial charge < -0.3 is 15.1 Å². The zero-order valence-electron chi connectivity index (χ0n) is 14.2. The zero-order valence-corrected chi connectivity index (χ0v) is 16.4. The molecule has 0 spiro atoms. The molecule has 2 aromatic rings.